The molecule has 1 aromatic heterocycles. The van der Waals surface area contributed by atoms with E-state index >= 15 is 0 Å². The van der Waals surface area contributed by atoms with Crippen molar-refractivity contribution in [3.05, 3.63) is 29.6 Å². The SMILES string of the molecule is CC(C)CNCc1cccc(CN(C)CC2CC2C)n1. The standard InChI is InChI=1S/C17H29N3/c1-13(2)9-18-10-16-6-5-7-17(19-16)12-20(4)11-15-8-14(15)3/h5-7,13-15,18H,8-12H2,1-4H3. The van der Waals surface area contributed by atoms with E-state index in [1.54, 1.807) is 0 Å². The summed E-state index contributed by atoms with van der Waals surface area (Å²) in [5.41, 5.74) is 2.33. The molecular weight excluding hydrogens is 246 g/mol. The lowest BCUT2D eigenvalue weighted by atomic mass is 10.2. The lowest BCUT2D eigenvalue weighted by Crippen LogP contribution is -2.23. The Balaban J connectivity index is 1.79. The Morgan fingerprint density at radius 1 is 1.35 bits per heavy atom. The van der Waals surface area contributed by atoms with Gasteiger partial charge in [-0.15, -0.1) is 0 Å². The molecule has 112 valence electrons. The fourth-order valence-electron chi connectivity index (χ4n) is 2.60. The average molecular weight is 275 g/mol. The molecule has 0 amide bonds. The summed E-state index contributed by atoms with van der Waals surface area (Å²) in [6, 6.07) is 6.38. The quantitative estimate of drug-likeness (QED) is 0.790. The largest absolute Gasteiger partial charge is 0.311 e. The smallest absolute Gasteiger partial charge is 0.0547 e. The molecule has 3 heteroatoms. The second-order valence-electron chi connectivity index (χ2n) is 6.81. The third-order valence-corrected chi connectivity index (χ3v) is 3.98. The van der Waals surface area contributed by atoms with Gasteiger partial charge in [0.25, 0.3) is 0 Å². The molecule has 0 radical (unpaired) electrons. The van der Waals surface area contributed by atoms with Crippen molar-refractivity contribution in [2.24, 2.45) is 17.8 Å². The van der Waals surface area contributed by atoms with E-state index in [1.807, 2.05) is 0 Å². The van der Waals surface area contributed by atoms with Gasteiger partial charge in [0.2, 0.25) is 0 Å². The monoisotopic (exact) mass is 275 g/mol. The molecule has 0 bridgehead atoms. The first-order chi connectivity index (χ1) is 9.54. The zero-order chi connectivity index (χ0) is 14.5. The molecule has 0 saturated heterocycles. The van der Waals surface area contributed by atoms with E-state index in [1.165, 1.54) is 18.7 Å². The molecule has 20 heavy (non-hydrogen) atoms. The Bertz CT molecular complexity index is 416. The first-order valence-electron chi connectivity index (χ1n) is 7.88. The number of hydrogen-bond donors (Lipinski definition) is 1. The molecule has 1 aliphatic carbocycles. The van der Waals surface area contributed by atoms with Crippen molar-refractivity contribution in [2.45, 2.75) is 40.3 Å². The third kappa shape index (κ3) is 5.22. The molecular formula is C17H29N3. The van der Waals surface area contributed by atoms with Crippen molar-refractivity contribution in [1.29, 1.82) is 0 Å². The van der Waals surface area contributed by atoms with Gasteiger partial charge in [-0.1, -0.05) is 26.8 Å². The van der Waals surface area contributed by atoms with Gasteiger partial charge in [0.1, 0.15) is 0 Å². The number of aromatic nitrogens is 1. The lowest BCUT2D eigenvalue weighted by molar-refractivity contribution is 0.303. The minimum absolute atomic E-state index is 0.685. The van der Waals surface area contributed by atoms with E-state index in [4.69, 9.17) is 4.98 Å². The molecule has 2 rings (SSSR count). The van der Waals surface area contributed by atoms with Gasteiger partial charge in [-0.2, -0.15) is 0 Å². The van der Waals surface area contributed by atoms with Crippen molar-refractivity contribution in [2.75, 3.05) is 20.1 Å². The highest BCUT2D eigenvalue weighted by Gasteiger charge is 2.32. The predicted octanol–water partition coefficient (Wildman–Crippen LogP) is 2.92. The number of rotatable bonds is 8. The Kier molecular flexibility index (Phi) is 5.55. The molecule has 2 atom stereocenters. The third-order valence-electron chi connectivity index (χ3n) is 3.98. The molecule has 0 aromatic carbocycles. The van der Waals surface area contributed by atoms with Crippen LogP contribution in [0, 0.1) is 17.8 Å². The van der Waals surface area contributed by atoms with Crippen LogP contribution in [0.15, 0.2) is 18.2 Å². The van der Waals surface area contributed by atoms with Crippen molar-refractivity contribution < 1.29 is 0 Å². The number of nitrogens with one attached hydrogen (secondary N) is 1. The molecule has 3 nitrogen and oxygen atoms in total. The maximum absolute atomic E-state index is 4.75. The van der Waals surface area contributed by atoms with Crippen molar-refractivity contribution in [3.8, 4) is 0 Å². The molecule has 1 saturated carbocycles. The van der Waals surface area contributed by atoms with Crippen LogP contribution in [0.2, 0.25) is 0 Å². The van der Waals surface area contributed by atoms with Crippen LogP contribution in [0.4, 0.5) is 0 Å². The fourth-order valence-corrected chi connectivity index (χ4v) is 2.60. The van der Waals surface area contributed by atoms with Crippen LogP contribution in [-0.2, 0) is 13.1 Å². The topological polar surface area (TPSA) is 28.2 Å². The molecule has 1 aromatic rings. The van der Waals surface area contributed by atoms with Crippen LogP contribution >= 0.6 is 0 Å². The van der Waals surface area contributed by atoms with Crippen LogP contribution in [0.1, 0.15) is 38.6 Å². The number of hydrogen-bond acceptors (Lipinski definition) is 3. The van der Waals surface area contributed by atoms with E-state index in [0.717, 1.165) is 37.2 Å². The van der Waals surface area contributed by atoms with E-state index < -0.39 is 0 Å². The second kappa shape index (κ2) is 7.19. The van der Waals surface area contributed by atoms with Crippen molar-refractivity contribution >= 4 is 0 Å². The van der Waals surface area contributed by atoms with E-state index in [0.29, 0.717) is 5.92 Å². The second-order valence-corrected chi connectivity index (χ2v) is 6.81. The van der Waals surface area contributed by atoms with Crippen molar-refractivity contribution in [1.82, 2.24) is 15.2 Å². The van der Waals surface area contributed by atoms with Crippen LogP contribution in [-0.4, -0.2) is 30.0 Å². The highest BCUT2D eigenvalue weighted by Crippen LogP contribution is 2.38. The molecule has 1 N–H and O–H groups in total. The minimum Gasteiger partial charge on any atom is -0.311 e. The van der Waals surface area contributed by atoms with Gasteiger partial charge >= 0.3 is 0 Å². The maximum Gasteiger partial charge on any atom is 0.0547 e. The summed E-state index contributed by atoms with van der Waals surface area (Å²) in [4.78, 5) is 7.16. The molecule has 0 aliphatic heterocycles. The highest BCUT2D eigenvalue weighted by atomic mass is 15.1. The predicted molar refractivity (Wildman–Crippen MR) is 84.4 cm³/mol. The average Bonchev–Trinajstić information content (AvgIpc) is 3.04. The summed E-state index contributed by atoms with van der Waals surface area (Å²) in [5.74, 6) is 2.53. The van der Waals surface area contributed by atoms with Crippen LogP contribution < -0.4 is 5.32 Å². The first kappa shape index (κ1) is 15.5. The molecule has 1 aliphatic rings. The molecule has 0 spiro atoms. The van der Waals surface area contributed by atoms with Gasteiger partial charge < -0.3 is 10.2 Å². The van der Waals surface area contributed by atoms with Gasteiger partial charge in [0.15, 0.2) is 0 Å². The highest BCUT2D eigenvalue weighted by molar-refractivity contribution is 5.11. The normalized spacial score (nSPS) is 21.7. The Morgan fingerprint density at radius 3 is 2.70 bits per heavy atom. The lowest BCUT2D eigenvalue weighted by Gasteiger charge is -2.16. The number of nitrogens with zero attached hydrogens (tertiary/aromatic N) is 2. The van der Waals surface area contributed by atoms with Crippen LogP contribution in [0.3, 0.4) is 0 Å². The minimum atomic E-state index is 0.685. The van der Waals surface area contributed by atoms with E-state index in [9.17, 15) is 0 Å². The summed E-state index contributed by atoms with van der Waals surface area (Å²) in [7, 11) is 2.20. The summed E-state index contributed by atoms with van der Waals surface area (Å²) in [5, 5.41) is 3.45. The van der Waals surface area contributed by atoms with Gasteiger partial charge in [-0.05, 0) is 49.9 Å². The summed E-state index contributed by atoms with van der Waals surface area (Å²) >= 11 is 0. The van der Waals surface area contributed by atoms with E-state index in [2.05, 4.69) is 56.2 Å². The van der Waals surface area contributed by atoms with Crippen LogP contribution in [0.5, 0.6) is 0 Å². The number of pyridine rings is 1. The van der Waals surface area contributed by atoms with Gasteiger partial charge in [-0.25, -0.2) is 0 Å². The molecule has 1 heterocycles. The fraction of sp³-hybridized carbons (Fsp3) is 0.706. The Labute approximate surface area is 123 Å². The maximum atomic E-state index is 4.75. The van der Waals surface area contributed by atoms with Gasteiger partial charge in [0, 0.05) is 19.6 Å². The van der Waals surface area contributed by atoms with Crippen molar-refractivity contribution in [3.63, 3.8) is 0 Å². The first-order valence-corrected chi connectivity index (χ1v) is 7.88. The summed E-state index contributed by atoms with van der Waals surface area (Å²) < 4.78 is 0. The zero-order valence-electron chi connectivity index (χ0n) is 13.4. The molecule has 1 fully saturated rings. The molecule has 2 unspecified atom stereocenters. The Morgan fingerprint density at radius 2 is 2.05 bits per heavy atom. The van der Waals surface area contributed by atoms with Gasteiger partial charge in [-0.3, -0.25) is 4.98 Å². The Hall–Kier alpha value is -0.930. The summed E-state index contributed by atoms with van der Waals surface area (Å²) in [6.45, 7) is 10.9. The summed E-state index contributed by atoms with van der Waals surface area (Å²) in [6.07, 6.45) is 1.40. The van der Waals surface area contributed by atoms with Crippen LogP contribution in [0.25, 0.3) is 0 Å². The van der Waals surface area contributed by atoms with E-state index in [-0.39, 0.29) is 0 Å². The zero-order valence-corrected chi connectivity index (χ0v) is 13.4. The van der Waals surface area contributed by atoms with Gasteiger partial charge in [0.05, 0.1) is 11.4 Å².